The van der Waals surface area contributed by atoms with Gasteiger partial charge in [0.05, 0.1) is 5.52 Å². The molecule has 1 saturated heterocycles. The van der Waals surface area contributed by atoms with Gasteiger partial charge in [-0.3, -0.25) is 0 Å². The Balaban J connectivity index is 2.09. The fraction of sp³-hybridized carbons (Fsp3) is 0.429. The Kier molecular flexibility index (Phi) is 2.88. The fourth-order valence-electron chi connectivity index (χ4n) is 2.54. The van der Waals surface area contributed by atoms with Crippen LogP contribution < -0.4 is 10.2 Å². The second-order valence-electron chi connectivity index (χ2n) is 4.91. The Labute approximate surface area is 107 Å². The summed E-state index contributed by atoms with van der Waals surface area (Å²) >= 11 is 0. The van der Waals surface area contributed by atoms with Crippen LogP contribution in [0.15, 0.2) is 24.3 Å². The second kappa shape index (κ2) is 4.53. The van der Waals surface area contributed by atoms with E-state index >= 15 is 0 Å². The molecule has 3 rings (SSSR count). The van der Waals surface area contributed by atoms with E-state index in [1.165, 1.54) is 0 Å². The largest absolute Gasteiger partial charge is 0.353 e. The van der Waals surface area contributed by atoms with E-state index in [0.29, 0.717) is 6.04 Å². The van der Waals surface area contributed by atoms with Crippen LogP contribution in [-0.4, -0.2) is 35.6 Å². The molecule has 0 amide bonds. The molecular formula is C14H18N4. The number of piperazine rings is 1. The molecular weight excluding hydrogens is 224 g/mol. The number of anilines is 1. The molecule has 1 aromatic carbocycles. The summed E-state index contributed by atoms with van der Waals surface area (Å²) < 4.78 is 0. The van der Waals surface area contributed by atoms with Crippen LogP contribution in [0.25, 0.3) is 10.9 Å². The van der Waals surface area contributed by atoms with Gasteiger partial charge >= 0.3 is 0 Å². The topological polar surface area (TPSA) is 41.1 Å². The minimum absolute atomic E-state index is 0.507. The van der Waals surface area contributed by atoms with E-state index in [9.17, 15) is 0 Å². The minimum atomic E-state index is 0.507. The first-order valence-electron chi connectivity index (χ1n) is 6.46. The standard InChI is InChI=1S/C14H18N4/c1-10-9-18(8-7-15-10)14-12-5-3-4-6-13(12)16-11(2)17-14/h3-6,10,15H,7-9H2,1-2H3. The van der Waals surface area contributed by atoms with Gasteiger partial charge in [-0.25, -0.2) is 9.97 Å². The molecule has 1 aliphatic heterocycles. The summed E-state index contributed by atoms with van der Waals surface area (Å²) in [7, 11) is 0. The van der Waals surface area contributed by atoms with Crippen molar-refractivity contribution in [3.05, 3.63) is 30.1 Å². The van der Waals surface area contributed by atoms with Gasteiger partial charge in [0, 0.05) is 31.1 Å². The Hall–Kier alpha value is -1.68. The first-order valence-corrected chi connectivity index (χ1v) is 6.46. The maximum Gasteiger partial charge on any atom is 0.140 e. The summed E-state index contributed by atoms with van der Waals surface area (Å²) in [5, 5.41) is 4.61. The molecule has 1 aromatic heterocycles. The third-order valence-electron chi connectivity index (χ3n) is 3.36. The van der Waals surface area contributed by atoms with Crippen LogP contribution in [0.5, 0.6) is 0 Å². The third-order valence-corrected chi connectivity index (χ3v) is 3.36. The lowest BCUT2D eigenvalue weighted by Crippen LogP contribution is -2.49. The van der Waals surface area contributed by atoms with Gasteiger partial charge in [0.15, 0.2) is 0 Å². The molecule has 4 nitrogen and oxygen atoms in total. The first kappa shape index (κ1) is 11.4. The number of para-hydroxylation sites is 1. The molecule has 0 spiro atoms. The van der Waals surface area contributed by atoms with Crippen LogP contribution in [-0.2, 0) is 0 Å². The van der Waals surface area contributed by atoms with Crippen LogP contribution in [0, 0.1) is 6.92 Å². The number of hydrogen-bond acceptors (Lipinski definition) is 4. The van der Waals surface area contributed by atoms with Crippen molar-refractivity contribution in [3.63, 3.8) is 0 Å². The van der Waals surface area contributed by atoms with Crippen molar-refractivity contribution in [2.75, 3.05) is 24.5 Å². The van der Waals surface area contributed by atoms with Gasteiger partial charge in [-0.1, -0.05) is 12.1 Å². The average molecular weight is 242 g/mol. The molecule has 94 valence electrons. The highest BCUT2D eigenvalue weighted by Gasteiger charge is 2.19. The highest BCUT2D eigenvalue weighted by atomic mass is 15.2. The highest BCUT2D eigenvalue weighted by Crippen LogP contribution is 2.24. The van der Waals surface area contributed by atoms with E-state index in [1.54, 1.807) is 0 Å². The number of aromatic nitrogens is 2. The van der Waals surface area contributed by atoms with Crippen molar-refractivity contribution < 1.29 is 0 Å². The van der Waals surface area contributed by atoms with Crippen LogP contribution >= 0.6 is 0 Å². The molecule has 1 unspecified atom stereocenters. The molecule has 1 N–H and O–H groups in total. The van der Waals surface area contributed by atoms with Crippen molar-refractivity contribution in [3.8, 4) is 0 Å². The lowest BCUT2D eigenvalue weighted by Gasteiger charge is -2.33. The van der Waals surface area contributed by atoms with Crippen LogP contribution in [0.3, 0.4) is 0 Å². The Morgan fingerprint density at radius 2 is 2.11 bits per heavy atom. The van der Waals surface area contributed by atoms with Crippen molar-refractivity contribution in [2.45, 2.75) is 19.9 Å². The summed E-state index contributed by atoms with van der Waals surface area (Å²) in [6.45, 7) is 7.19. The summed E-state index contributed by atoms with van der Waals surface area (Å²) in [5.74, 6) is 1.92. The van der Waals surface area contributed by atoms with E-state index in [0.717, 1.165) is 42.2 Å². The molecule has 0 saturated carbocycles. The molecule has 1 atom stereocenters. The Morgan fingerprint density at radius 1 is 1.28 bits per heavy atom. The van der Waals surface area contributed by atoms with Gasteiger partial charge in [0.1, 0.15) is 11.6 Å². The SMILES string of the molecule is Cc1nc(N2CCNC(C)C2)c2ccccc2n1. The number of nitrogens with one attached hydrogen (secondary N) is 1. The maximum atomic E-state index is 4.65. The molecule has 0 bridgehead atoms. The number of benzene rings is 1. The van der Waals surface area contributed by atoms with Crippen molar-refractivity contribution in [1.29, 1.82) is 0 Å². The van der Waals surface area contributed by atoms with E-state index in [-0.39, 0.29) is 0 Å². The van der Waals surface area contributed by atoms with Gasteiger partial charge in [-0.15, -0.1) is 0 Å². The van der Waals surface area contributed by atoms with Crippen LogP contribution in [0.1, 0.15) is 12.7 Å². The smallest absolute Gasteiger partial charge is 0.140 e. The lowest BCUT2D eigenvalue weighted by molar-refractivity contribution is 0.483. The monoisotopic (exact) mass is 242 g/mol. The third kappa shape index (κ3) is 2.04. The molecule has 1 aliphatic rings. The van der Waals surface area contributed by atoms with Crippen molar-refractivity contribution in [2.24, 2.45) is 0 Å². The van der Waals surface area contributed by atoms with Crippen LogP contribution in [0.4, 0.5) is 5.82 Å². The summed E-state index contributed by atoms with van der Waals surface area (Å²) in [6, 6.07) is 8.75. The molecule has 2 aromatic rings. The van der Waals surface area contributed by atoms with E-state index < -0.39 is 0 Å². The van der Waals surface area contributed by atoms with Gasteiger partial charge in [-0.05, 0) is 26.0 Å². The zero-order valence-corrected chi connectivity index (χ0v) is 10.8. The molecule has 4 heteroatoms. The van der Waals surface area contributed by atoms with Crippen molar-refractivity contribution in [1.82, 2.24) is 15.3 Å². The Bertz CT molecular complexity index is 567. The summed E-state index contributed by atoms with van der Waals surface area (Å²) in [4.78, 5) is 11.5. The van der Waals surface area contributed by atoms with Gasteiger partial charge in [0.2, 0.25) is 0 Å². The highest BCUT2D eigenvalue weighted by molar-refractivity contribution is 5.89. The van der Waals surface area contributed by atoms with Crippen molar-refractivity contribution >= 4 is 16.7 Å². The van der Waals surface area contributed by atoms with Gasteiger partial charge in [-0.2, -0.15) is 0 Å². The predicted molar refractivity (Wildman–Crippen MR) is 74.0 cm³/mol. The summed E-state index contributed by atoms with van der Waals surface area (Å²) in [5.41, 5.74) is 1.03. The van der Waals surface area contributed by atoms with Gasteiger partial charge < -0.3 is 10.2 Å². The number of hydrogen-bond donors (Lipinski definition) is 1. The lowest BCUT2D eigenvalue weighted by atomic mass is 10.2. The molecule has 1 fully saturated rings. The number of fused-ring (bicyclic) bond motifs is 1. The predicted octanol–water partition coefficient (Wildman–Crippen LogP) is 1.74. The zero-order chi connectivity index (χ0) is 12.5. The first-order chi connectivity index (χ1) is 8.74. The number of aryl methyl sites for hydroxylation is 1. The van der Waals surface area contributed by atoms with E-state index in [2.05, 4.69) is 45.3 Å². The molecule has 2 heterocycles. The summed E-state index contributed by atoms with van der Waals surface area (Å²) in [6.07, 6.45) is 0. The average Bonchev–Trinajstić information content (AvgIpc) is 2.37. The van der Waals surface area contributed by atoms with Gasteiger partial charge in [0.25, 0.3) is 0 Å². The number of rotatable bonds is 1. The molecule has 18 heavy (non-hydrogen) atoms. The normalized spacial score (nSPS) is 20.3. The fourth-order valence-corrected chi connectivity index (χ4v) is 2.54. The molecule has 0 aliphatic carbocycles. The molecule has 0 radical (unpaired) electrons. The zero-order valence-electron chi connectivity index (χ0n) is 10.8. The van der Waals surface area contributed by atoms with E-state index in [1.807, 2.05) is 13.0 Å². The number of nitrogens with zero attached hydrogens (tertiary/aromatic N) is 3. The second-order valence-corrected chi connectivity index (χ2v) is 4.91. The Morgan fingerprint density at radius 3 is 2.94 bits per heavy atom. The van der Waals surface area contributed by atoms with Crippen LogP contribution in [0.2, 0.25) is 0 Å². The minimum Gasteiger partial charge on any atom is -0.353 e. The quantitative estimate of drug-likeness (QED) is 0.827. The van der Waals surface area contributed by atoms with E-state index in [4.69, 9.17) is 0 Å². The maximum absolute atomic E-state index is 4.65.